The molecule has 1 aromatic heterocycles. The molecule has 2 amide bonds. The van der Waals surface area contributed by atoms with E-state index in [2.05, 4.69) is 67.2 Å². The molecular weight excluding hydrogens is 484 g/mol. The van der Waals surface area contributed by atoms with Crippen LogP contribution in [0.4, 0.5) is 10.5 Å². The van der Waals surface area contributed by atoms with Crippen molar-refractivity contribution in [1.29, 1.82) is 5.26 Å². The van der Waals surface area contributed by atoms with Crippen LogP contribution in [0.15, 0.2) is 91.1 Å². The largest absolute Gasteiger partial charge is 0.330 e. The van der Waals surface area contributed by atoms with E-state index >= 15 is 0 Å². The average Bonchev–Trinajstić information content (AvgIpc) is 3.34. The quantitative estimate of drug-likeness (QED) is 0.265. The van der Waals surface area contributed by atoms with Crippen molar-refractivity contribution in [2.45, 2.75) is 39.8 Å². The maximum absolute atomic E-state index is 13.9. The SMILES string of the molecule is CC(C)(C)[C@H](c1nc(-c2ccccc2)cn1Cc1ccccc1)N(CCCN)C(=O)Nc1ccc(C#N)cc1. The fourth-order valence-electron chi connectivity index (χ4n) is 4.73. The Morgan fingerprint density at radius 2 is 1.67 bits per heavy atom. The molecule has 0 aliphatic rings. The van der Waals surface area contributed by atoms with E-state index in [0.717, 1.165) is 22.6 Å². The second-order valence-corrected chi connectivity index (χ2v) is 10.7. The van der Waals surface area contributed by atoms with Gasteiger partial charge in [-0.25, -0.2) is 9.78 Å². The number of rotatable bonds is 9. The summed E-state index contributed by atoms with van der Waals surface area (Å²) in [5.41, 5.74) is 9.77. The van der Waals surface area contributed by atoms with Crippen LogP contribution in [0, 0.1) is 16.7 Å². The lowest BCUT2D eigenvalue weighted by Crippen LogP contribution is -2.45. The molecule has 4 rings (SSSR count). The molecule has 1 atom stereocenters. The van der Waals surface area contributed by atoms with Gasteiger partial charge in [0.1, 0.15) is 5.82 Å². The first-order valence-corrected chi connectivity index (χ1v) is 13.2. The number of nitrogens with one attached hydrogen (secondary N) is 1. The van der Waals surface area contributed by atoms with Crippen LogP contribution in [-0.4, -0.2) is 33.6 Å². The lowest BCUT2D eigenvalue weighted by molar-refractivity contribution is 0.116. The Bertz CT molecular complexity index is 1400. The van der Waals surface area contributed by atoms with Crippen LogP contribution in [0.3, 0.4) is 0 Å². The van der Waals surface area contributed by atoms with Gasteiger partial charge in [0.2, 0.25) is 0 Å². The molecule has 0 bridgehead atoms. The van der Waals surface area contributed by atoms with Gasteiger partial charge in [0.25, 0.3) is 0 Å². The molecule has 0 unspecified atom stereocenters. The average molecular weight is 521 g/mol. The molecule has 7 heteroatoms. The van der Waals surface area contributed by atoms with Crippen LogP contribution in [0.25, 0.3) is 11.3 Å². The molecule has 7 nitrogen and oxygen atoms in total. The third-order valence-electron chi connectivity index (χ3n) is 6.58. The van der Waals surface area contributed by atoms with Crippen LogP contribution < -0.4 is 11.1 Å². The summed E-state index contributed by atoms with van der Waals surface area (Å²) in [5.74, 6) is 0.817. The summed E-state index contributed by atoms with van der Waals surface area (Å²) in [6.45, 7) is 7.96. The Hall–Kier alpha value is -4.41. The molecule has 0 fully saturated rings. The first-order chi connectivity index (χ1) is 18.8. The maximum atomic E-state index is 13.9. The molecule has 3 aromatic carbocycles. The van der Waals surface area contributed by atoms with Gasteiger partial charge in [-0.1, -0.05) is 81.4 Å². The summed E-state index contributed by atoms with van der Waals surface area (Å²) in [4.78, 5) is 20.9. The van der Waals surface area contributed by atoms with E-state index in [1.54, 1.807) is 24.3 Å². The van der Waals surface area contributed by atoms with Crippen molar-refractivity contribution in [3.8, 4) is 17.3 Å². The number of aromatic nitrogens is 2. The van der Waals surface area contributed by atoms with Crippen molar-refractivity contribution < 1.29 is 4.79 Å². The van der Waals surface area contributed by atoms with Crippen LogP contribution in [0.1, 0.15) is 50.2 Å². The van der Waals surface area contributed by atoms with Crippen molar-refractivity contribution in [3.05, 3.63) is 108 Å². The predicted octanol–water partition coefficient (Wildman–Crippen LogP) is 6.44. The molecule has 0 saturated heterocycles. The smallest absolute Gasteiger partial charge is 0.322 e. The minimum Gasteiger partial charge on any atom is -0.330 e. The van der Waals surface area contributed by atoms with E-state index in [-0.39, 0.29) is 17.5 Å². The normalized spacial score (nSPS) is 12.0. The minimum atomic E-state index is -0.344. The molecule has 0 saturated carbocycles. The van der Waals surface area contributed by atoms with E-state index in [1.807, 2.05) is 41.3 Å². The molecule has 1 heterocycles. The standard InChI is InChI=1S/C32H36N6O/c1-32(2,3)29(38(20-10-19-33)31(39)35-27-17-15-24(21-34)16-18-27)30-36-28(26-13-8-5-9-14-26)23-37(30)22-25-11-6-4-7-12-25/h4-9,11-18,23,29H,10,19-20,22,33H2,1-3H3,(H,35,39)/t29-/m0/s1. The zero-order chi connectivity index (χ0) is 27.8. The van der Waals surface area contributed by atoms with Gasteiger partial charge in [-0.3, -0.25) is 0 Å². The van der Waals surface area contributed by atoms with Crippen molar-refractivity contribution >= 4 is 11.7 Å². The Kier molecular flexibility index (Phi) is 8.80. The highest BCUT2D eigenvalue weighted by molar-refractivity contribution is 5.89. The van der Waals surface area contributed by atoms with Gasteiger partial charge < -0.3 is 20.5 Å². The zero-order valence-corrected chi connectivity index (χ0v) is 22.8. The van der Waals surface area contributed by atoms with E-state index in [9.17, 15) is 4.79 Å². The molecule has 3 N–H and O–H groups in total. The molecule has 200 valence electrons. The lowest BCUT2D eigenvalue weighted by Gasteiger charge is -2.40. The third kappa shape index (κ3) is 6.92. The molecular formula is C32H36N6O. The predicted molar refractivity (Wildman–Crippen MR) is 156 cm³/mol. The van der Waals surface area contributed by atoms with E-state index in [0.29, 0.717) is 37.3 Å². The zero-order valence-electron chi connectivity index (χ0n) is 22.8. The van der Waals surface area contributed by atoms with Gasteiger partial charge >= 0.3 is 6.03 Å². The number of hydrogen-bond donors (Lipinski definition) is 2. The highest BCUT2D eigenvalue weighted by Gasteiger charge is 2.38. The number of nitrogens with zero attached hydrogens (tertiary/aromatic N) is 4. The number of urea groups is 1. The summed E-state index contributed by atoms with van der Waals surface area (Å²) in [5, 5.41) is 12.2. The topological polar surface area (TPSA) is 100.0 Å². The number of nitrogens with two attached hydrogens (primary N) is 1. The van der Waals surface area contributed by atoms with Crippen LogP contribution in [0.2, 0.25) is 0 Å². The summed E-state index contributed by atoms with van der Waals surface area (Å²) in [7, 11) is 0. The summed E-state index contributed by atoms with van der Waals surface area (Å²) in [6, 6.07) is 28.8. The van der Waals surface area contributed by atoms with Crippen LogP contribution in [-0.2, 0) is 6.54 Å². The summed E-state index contributed by atoms with van der Waals surface area (Å²) < 4.78 is 2.16. The van der Waals surface area contributed by atoms with Gasteiger partial charge in [-0.2, -0.15) is 5.26 Å². The van der Waals surface area contributed by atoms with Crippen LogP contribution >= 0.6 is 0 Å². The first-order valence-electron chi connectivity index (χ1n) is 13.2. The van der Waals surface area contributed by atoms with E-state index < -0.39 is 0 Å². The number of hydrogen-bond acceptors (Lipinski definition) is 4. The minimum absolute atomic E-state index is 0.233. The fraction of sp³-hybridized carbons (Fsp3) is 0.281. The molecule has 0 aliphatic carbocycles. The number of carbonyl (C=O) groups excluding carboxylic acids is 1. The molecule has 4 aromatic rings. The fourth-order valence-corrected chi connectivity index (χ4v) is 4.73. The highest BCUT2D eigenvalue weighted by Crippen LogP contribution is 2.39. The summed E-state index contributed by atoms with van der Waals surface area (Å²) >= 11 is 0. The van der Waals surface area contributed by atoms with E-state index in [1.165, 1.54) is 0 Å². The number of anilines is 1. The number of benzene rings is 3. The number of carbonyl (C=O) groups is 1. The molecule has 39 heavy (non-hydrogen) atoms. The van der Waals surface area contributed by atoms with Gasteiger partial charge in [0.05, 0.1) is 23.4 Å². The van der Waals surface area contributed by atoms with Crippen LogP contribution in [0.5, 0.6) is 0 Å². The van der Waals surface area contributed by atoms with Crippen molar-refractivity contribution in [2.24, 2.45) is 11.1 Å². The molecule has 0 aliphatic heterocycles. The summed E-state index contributed by atoms with van der Waals surface area (Å²) in [6.07, 6.45) is 2.73. The third-order valence-corrected chi connectivity index (χ3v) is 6.58. The molecule has 0 spiro atoms. The second kappa shape index (κ2) is 12.4. The first kappa shape index (κ1) is 27.6. The van der Waals surface area contributed by atoms with E-state index in [4.69, 9.17) is 16.0 Å². The second-order valence-electron chi connectivity index (χ2n) is 10.7. The van der Waals surface area contributed by atoms with Crippen molar-refractivity contribution in [2.75, 3.05) is 18.4 Å². The monoisotopic (exact) mass is 520 g/mol. The number of imidazole rings is 1. The van der Waals surface area contributed by atoms with Crippen molar-refractivity contribution in [3.63, 3.8) is 0 Å². The number of nitriles is 1. The Morgan fingerprint density at radius 1 is 1.03 bits per heavy atom. The molecule has 0 radical (unpaired) electrons. The Balaban J connectivity index is 1.79. The lowest BCUT2D eigenvalue weighted by atomic mass is 9.84. The van der Waals surface area contributed by atoms with Gasteiger partial charge in [-0.15, -0.1) is 0 Å². The van der Waals surface area contributed by atoms with Gasteiger partial charge in [0.15, 0.2) is 0 Å². The van der Waals surface area contributed by atoms with Gasteiger partial charge in [-0.05, 0) is 48.2 Å². The number of amides is 2. The Labute approximate surface area is 230 Å². The maximum Gasteiger partial charge on any atom is 0.322 e. The van der Waals surface area contributed by atoms with Gasteiger partial charge in [0, 0.05) is 30.5 Å². The van der Waals surface area contributed by atoms with Crippen molar-refractivity contribution in [1.82, 2.24) is 14.5 Å². The Morgan fingerprint density at radius 3 is 2.26 bits per heavy atom. The highest BCUT2D eigenvalue weighted by atomic mass is 16.2.